The van der Waals surface area contributed by atoms with Crippen molar-refractivity contribution in [2.24, 2.45) is 0 Å². The van der Waals surface area contributed by atoms with Crippen LogP contribution < -0.4 is 4.72 Å². The molecule has 0 aliphatic carbocycles. The van der Waals surface area contributed by atoms with E-state index in [4.69, 9.17) is 11.6 Å². The summed E-state index contributed by atoms with van der Waals surface area (Å²) in [4.78, 5) is 9.66. The summed E-state index contributed by atoms with van der Waals surface area (Å²) in [6, 6.07) is 3.22. The lowest BCUT2D eigenvalue weighted by atomic mass is 10.3. The van der Waals surface area contributed by atoms with Gasteiger partial charge in [-0.1, -0.05) is 16.8 Å². The molecule has 1 heterocycles. The molecule has 0 aliphatic heterocycles. The number of sulfonamides is 1. The first kappa shape index (κ1) is 15.4. The van der Waals surface area contributed by atoms with Gasteiger partial charge in [-0.3, -0.25) is 14.8 Å². The van der Waals surface area contributed by atoms with E-state index in [1.807, 2.05) is 0 Å². The number of hydrogen-bond donors (Lipinski definition) is 1. The number of hydrogen-bond acceptors (Lipinski definition) is 6. The smallest absolute Gasteiger partial charge is 0.258 e. The first-order valence-corrected chi connectivity index (χ1v) is 7.54. The molecule has 0 bridgehead atoms. The van der Waals surface area contributed by atoms with Gasteiger partial charge in [-0.05, 0) is 6.07 Å². The molecule has 9 nitrogen and oxygen atoms in total. The maximum Gasteiger partial charge on any atom is 0.270 e. The Labute approximate surface area is 124 Å². The molecular formula is C10H10ClN5O4S. The van der Waals surface area contributed by atoms with E-state index in [1.54, 1.807) is 6.20 Å². The zero-order valence-corrected chi connectivity index (χ0v) is 12.1. The van der Waals surface area contributed by atoms with Crippen LogP contribution in [0.5, 0.6) is 0 Å². The number of rotatable bonds is 6. The molecule has 1 N–H and O–H groups in total. The Morgan fingerprint density at radius 1 is 1.43 bits per heavy atom. The second-order valence-electron chi connectivity index (χ2n) is 3.94. The summed E-state index contributed by atoms with van der Waals surface area (Å²) in [5.41, 5.74) is -0.351. The zero-order chi connectivity index (χ0) is 15.5. The Kier molecular flexibility index (Phi) is 4.50. The molecule has 0 unspecified atom stereocenters. The molecule has 11 heteroatoms. The van der Waals surface area contributed by atoms with Gasteiger partial charge in [-0.15, -0.1) is 5.10 Å². The Morgan fingerprint density at radius 2 is 2.19 bits per heavy atom. The van der Waals surface area contributed by atoms with Gasteiger partial charge in [0.05, 0.1) is 22.7 Å². The van der Waals surface area contributed by atoms with Crippen molar-refractivity contribution in [3.63, 3.8) is 0 Å². The fourth-order valence-electron chi connectivity index (χ4n) is 1.54. The standard InChI is InChI=1S/C10H10ClN5O4S/c11-9-2-1-8(16(17)18)7-10(9)21(19,20)13-4-6-15-5-3-12-14-15/h1-3,5,7,13H,4,6H2. The quantitative estimate of drug-likeness (QED) is 0.618. The maximum atomic E-state index is 12.1. The number of nitrogens with one attached hydrogen (secondary N) is 1. The molecule has 0 fully saturated rings. The van der Waals surface area contributed by atoms with E-state index >= 15 is 0 Å². The van der Waals surface area contributed by atoms with E-state index in [1.165, 1.54) is 16.9 Å². The minimum Gasteiger partial charge on any atom is -0.258 e. The van der Waals surface area contributed by atoms with Crippen LogP contribution in [0, 0.1) is 10.1 Å². The molecule has 112 valence electrons. The van der Waals surface area contributed by atoms with E-state index in [9.17, 15) is 18.5 Å². The first-order valence-electron chi connectivity index (χ1n) is 5.68. The minimum absolute atomic E-state index is 0.0463. The normalized spacial score (nSPS) is 11.5. The third kappa shape index (κ3) is 3.74. The number of nitrogens with zero attached hydrogens (tertiary/aromatic N) is 4. The lowest BCUT2D eigenvalue weighted by Gasteiger charge is -2.08. The van der Waals surface area contributed by atoms with Crippen LogP contribution in [0.15, 0.2) is 35.5 Å². The Hall–Kier alpha value is -2.04. The topological polar surface area (TPSA) is 120 Å². The molecule has 0 amide bonds. The van der Waals surface area contributed by atoms with Crippen molar-refractivity contribution < 1.29 is 13.3 Å². The van der Waals surface area contributed by atoms with Gasteiger partial charge in [0.15, 0.2) is 0 Å². The van der Waals surface area contributed by atoms with Gasteiger partial charge >= 0.3 is 0 Å². The Morgan fingerprint density at radius 3 is 2.81 bits per heavy atom. The number of halogens is 1. The van der Waals surface area contributed by atoms with Gasteiger partial charge in [0, 0.05) is 24.9 Å². The van der Waals surface area contributed by atoms with Crippen molar-refractivity contribution in [2.45, 2.75) is 11.4 Å². The van der Waals surface area contributed by atoms with Crippen LogP contribution in [0.25, 0.3) is 0 Å². The third-order valence-electron chi connectivity index (χ3n) is 2.52. The maximum absolute atomic E-state index is 12.1. The minimum atomic E-state index is -3.95. The lowest BCUT2D eigenvalue weighted by Crippen LogP contribution is -2.28. The van der Waals surface area contributed by atoms with Crippen molar-refractivity contribution in [2.75, 3.05) is 6.54 Å². The summed E-state index contributed by atoms with van der Waals surface area (Å²) in [6.45, 7) is 0.316. The van der Waals surface area contributed by atoms with Crippen LogP contribution in [-0.4, -0.2) is 34.9 Å². The Bertz CT molecular complexity index is 747. The summed E-state index contributed by atoms with van der Waals surface area (Å²) in [5, 5.41) is 17.9. The Balaban J connectivity index is 2.15. The number of non-ortho nitro benzene ring substituents is 1. The van der Waals surface area contributed by atoms with Gasteiger partial charge < -0.3 is 0 Å². The average Bonchev–Trinajstić information content (AvgIpc) is 2.91. The van der Waals surface area contributed by atoms with Gasteiger partial charge in [0.25, 0.3) is 5.69 Å². The van der Waals surface area contributed by atoms with Crippen molar-refractivity contribution in [3.8, 4) is 0 Å². The van der Waals surface area contributed by atoms with Gasteiger partial charge in [-0.25, -0.2) is 13.1 Å². The van der Waals surface area contributed by atoms with Crippen molar-refractivity contribution in [3.05, 3.63) is 45.7 Å². The number of nitro groups is 1. The molecule has 2 aromatic rings. The molecule has 0 aliphatic rings. The molecule has 0 saturated heterocycles. The fraction of sp³-hybridized carbons (Fsp3) is 0.200. The first-order chi connectivity index (χ1) is 9.90. The summed E-state index contributed by atoms with van der Waals surface area (Å²) in [5.74, 6) is 0. The molecule has 2 rings (SSSR count). The molecule has 0 spiro atoms. The lowest BCUT2D eigenvalue weighted by molar-refractivity contribution is -0.385. The fourth-order valence-corrected chi connectivity index (χ4v) is 3.07. The highest BCUT2D eigenvalue weighted by atomic mass is 35.5. The number of aromatic nitrogens is 3. The van der Waals surface area contributed by atoms with Crippen LogP contribution in [0.1, 0.15) is 0 Å². The summed E-state index contributed by atoms with van der Waals surface area (Å²) in [6.07, 6.45) is 3.04. The second-order valence-corrected chi connectivity index (χ2v) is 6.08. The average molecular weight is 332 g/mol. The van der Waals surface area contributed by atoms with Crippen molar-refractivity contribution in [1.29, 1.82) is 0 Å². The molecule has 0 saturated carbocycles. The molecule has 1 aromatic heterocycles. The third-order valence-corrected chi connectivity index (χ3v) is 4.46. The van der Waals surface area contributed by atoms with E-state index in [2.05, 4.69) is 15.0 Å². The highest BCUT2D eigenvalue weighted by Crippen LogP contribution is 2.25. The van der Waals surface area contributed by atoms with Crippen LogP contribution >= 0.6 is 11.6 Å². The molecule has 0 radical (unpaired) electrons. The second kappa shape index (κ2) is 6.16. The molecule has 1 aromatic carbocycles. The van der Waals surface area contributed by atoms with Crippen LogP contribution in [0.4, 0.5) is 5.69 Å². The highest BCUT2D eigenvalue weighted by molar-refractivity contribution is 7.89. The van der Waals surface area contributed by atoms with Gasteiger partial charge in [0.1, 0.15) is 4.90 Å². The SMILES string of the molecule is O=[N+]([O-])c1ccc(Cl)c(S(=O)(=O)NCCn2ccnn2)c1. The van der Waals surface area contributed by atoms with Crippen LogP contribution in [0.3, 0.4) is 0 Å². The molecule has 0 atom stereocenters. The van der Waals surface area contributed by atoms with Crippen LogP contribution in [0.2, 0.25) is 5.02 Å². The summed E-state index contributed by atoms with van der Waals surface area (Å²) < 4.78 is 27.9. The number of benzene rings is 1. The van der Waals surface area contributed by atoms with Gasteiger partial charge in [0.2, 0.25) is 10.0 Å². The van der Waals surface area contributed by atoms with E-state index in [-0.39, 0.29) is 28.7 Å². The highest BCUT2D eigenvalue weighted by Gasteiger charge is 2.21. The van der Waals surface area contributed by atoms with E-state index < -0.39 is 14.9 Å². The van der Waals surface area contributed by atoms with Gasteiger partial charge in [-0.2, -0.15) is 0 Å². The van der Waals surface area contributed by atoms with E-state index in [0.717, 1.165) is 12.1 Å². The molecule has 21 heavy (non-hydrogen) atoms. The van der Waals surface area contributed by atoms with E-state index in [0.29, 0.717) is 0 Å². The van der Waals surface area contributed by atoms with Crippen molar-refractivity contribution in [1.82, 2.24) is 19.7 Å². The number of nitro benzene ring substituents is 1. The summed E-state index contributed by atoms with van der Waals surface area (Å²) >= 11 is 5.79. The van der Waals surface area contributed by atoms with Crippen LogP contribution in [-0.2, 0) is 16.6 Å². The monoisotopic (exact) mass is 331 g/mol. The molecular weight excluding hydrogens is 322 g/mol. The summed E-state index contributed by atoms with van der Waals surface area (Å²) in [7, 11) is -3.95. The largest absolute Gasteiger partial charge is 0.270 e. The predicted molar refractivity (Wildman–Crippen MR) is 73.3 cm³/mol. The van der Waals surface area contributed by atoms with Crippen molar-refractivity contribution >= 4 is 27.3 Å². The zero-order valence-electron chi connectivity index (χ0n) is 10.5. The predicted octanol–water partition coefficient (Wildman–Crippen LogP) is 0.818.